The van der Waals surface area contributed by atoms with Crippen molar-refractivity contribution in [1.82, 2.24) is 20.1 Å². The van der Waals surface area contributed by atoms with Crippen LogP contribution in [0.15, 0.2) is 59.5 Å². The summed E-state index contributed by atoms with van der Waals surface area (Å²) in [6.07, 6.45) is -0.312. The maximum Gasteiger partial charge on any atom is 0.245 e. The molecule has 1 saturated heterocycles. The Balaban J connectivity index is 1.47. The number of hydrogen-bond acceptors (Lipinski definition) is 7. The minimum absolute atomic E-state index is 0.0138. The first-order chi connectivity index (χ1) is 16.6. The van der Waals surface area contributed by atoms with Crippen molar-refractivity contribution in [3.05, 3.63) is 65.9 Å². The molecule has 10 nitrogen and oxygen atoms in total. The fourth-order valence-corrected chi connectivity index (χ4v) is 5.58. The van der Waals surface area contributed by atoms with E-state index in [1.165, 1.54) is 29.4 Å². The number of para-hydroxylation sites is 1. The van der Waals surface area contributed by atoms with E-state index in [1.807, 2.05) is 37.3 Å². The molecule has 2 aromatic carbocycles. The molecule has 0 bridgehead atoms. The molecule has 3 N–H and O–H groups in total. The molecule has 0 spiro atoms. The zero-order valence-electron chi connectivity index (χ0n) is 19.3. The number of nitrogens with one attached hydrogen (secondary N) is 2. The third-order valence-electron chi connectivity index (χ3n) is 5.87. The lowest BCUT2D eigenvalue weighted by Crippen LogP contribution is -2.71. The van der Waals surface area contributed by atoms with Gasteiger partial charge in [0, 0.05) is 36.7 Å². The van der Waals surface area contributed by atoms with Gasteiger partial charge in [-0.25, -0.2) is 18.6 Å². The number of carbonyl (C=O) groups is 2. The van der Waals surface area contributed by atoms with Crippen LogP contribution < -0.4 is 14.9 Å². The molecule has 0 saturated carbocycles. The van der Waals surface area contributed by atoms with Gasteiger partial charge < -0.3 is 9.64 Å². The minimum atomic E-state index is -4.01. The number of sulfonamides is 1. The molecule has 0 aliphatic carbocycles. The highest BCUT2D eigenvalue weighted by Gasteiger charge is 2.48. The van der Waals surface area contributed by atoms with Gasteiger partial charge in [-0.1, -0.05) is 18.2 Å². The first-order valence-electron chi connectivity index (χ1n) is 10.9. The number of fused-ring (bicyclic) bond motifs is 1. The molecule has 0 atom stereocenters. The number of amides is 2. The predicted octanol–water partition coefficient (Wildman–Crippen LogP) is 1.90. The van der Waals surface area contributed by atoms with Gasteiger partial charge in [-0.2, -0.15) is 0 Å². The molecular weight excluding hydrogens is 472 g/mol. The van der Waals surface area contributed by atoms with E-state index < -0.39 is 21.5 Å². The Morgan fingerprint density at radius 1 is 1.14 bits per heavy atom. The second kappa shape index (κ2) is 9.61. The van der Waals surface area contributed by atoms with E-state index in [4.69, 9.17) is 9.94 Å². The van der Waals surface area contributed by atoms with Crippen molar-refractivity contribution >= 4 is 32.7 Å². The fraction of sp³-hybridized carbons (Fsp3) is 0.292. The first-order valence-corrected chi connectivity index (χ1v) is 12.4. The number of ether oxygens (including phenoxy) is 1. The standard InChI is InChI=1S/C24H26N4O6S/c1-16-11-18(21-5-3-4-6-22(21)25-16)13-34-19-7-9-20(10-8-19)35(32,33)27-24(12-23(30)26-31)14-28(15-24)17(2)29/h3-11,27,31H,12-15H2,1-2H3,(H,26,30). The fourth-order valence-electron chi connectivity index (χ4n) is 4.20. The highest BCUT2D eigenvalue weighted by molar-refractivity contribution is 7.89. The molecule has 35 heavy (non-hydrogen) atoms. The molecule has 11 heteroatoms. The van der Waals surface area contributed by atoms with Crippen LogP contribution in [0.2, 0.25) is 0 Å². The predicted molar refractivity (Wildman–Crippen MR) is 127 cm³/mol. The number of nitrogens with zero attached hydrogens (tertiary/aromatic N) is 2. The lowest BCUT2D eigenvalue weighted by molar-refractivity contribution is -0.141. The molecule has 1 fully saturated rings. The molecule has 0 unspecified atom stereocenters. The van der Waals surface area contributed by atoms with Crippen LogP contribution in [0.1, 0.15) is 24.6 Å². The Kier molecular flexibility index (Phi) is 6.75. The van der Waals surface area contributed by atoms with Crippen molar-refractivity contribution in [1.29, 1.82) is 0 Å². The van der Waals surface area contributed by atoms with Gasteiger partial charge in [0.05, 0.1) is 22.4 Å². The minimum Gasteiger partial charge on any atom is -0.489 e. The summed E-state index contributed by atoms with van der Waals surface area (Å²) in [5, 5.41) is 9.86. The van der Waals surface area contributed by atoms with Crippen LogP contribution >= 0.6 is 0 Å². The van der Waals surface area contributed by atoms with Gasteiger partial charge >= 0.3 is 0 Å². The number of hydroxylamine groups is 1. The number of rotatable bonds is 8. The van der Waals surface area contributed by atoms with Crippen LogP contribution in [0, 0.1) is 6.92 Å². The van der Waals surface area contributed by atoms with Crippen molar-refractivity contribution in [2.45, 2.75) is 37.3 Å². The van der Waals surface area contributed by atoms with Crippen LogP contribution in [0.5, 0.6) is 5.75 Å². The van der Waals surface area contributed by atoms with Crippen molar-refractivity contribution < 1.29 is 28.0 Å². The van der Waals surface area contributed by atoms with E-state index in [-0.39, 0.29) is 36.9 Å². The summed E-state index contributed by atoms with van der Waals surface area (Å²) in [6, 6.07) is 15.7. The summed E-state index contributed by atoms with van der Waals surface area (Å²) >= 11 is 0. The number of hydrogen-bond donors (Lipinski definition) is 3. The summed E-state index contributed by atoms with van der Waals surface area (Å²) in [5.74, 6) is -0.496. The van der Waals surface area contributed by atoms with Crippen molar-refractivity contribution in [3.8, 4) is 5.75 Å². The zero-order chi connectivity index (χ0) is 25.2. The van der Waals surface area contributed by atoms with Gasteiger partial charge in [0.15, 0.2) is 0 Å². The smallest absolute Gasteiger partial charge is 0.245 e. The van der Waals surface area contributed by atoms with Gasteiger partial charge in [-0.15, -0.1) is 0 Å². The van der Waals surface area contributed by atoms with E-state index in [1.54, 1.807) is 12.1 Å². The Morgan fingerprint density at radius 3 is 2.49 bits per heavy atom. The molecule has 1 aliphatic rings. The van der Waals surface area contributed by atoms with E-state index in [0.717, 1.165) is 22.2 Å². The van der Waals surface area contributed by atoms with Gasteiger partial charge in [-0.05, 0) is 43.3 Å². The van der Waals surface area contributed by atoms with Crippen LogP contribution in [-0.2, 0) is 26.2 Å². The SMILES string of the molecule is CC(=O)N1CC(CC(=O)NO)(NS(=O)(=O)c2ccc(OCc3cc(C)nc4ccccc34)cc2)C1. The van der Waals surface area contributed by atoms with E-state index in [9.17, 15) is 18.0 Å². The largest absolute Gasteiger partial charge is 0.489 e. The zero-order valence-corrected chi connectivity index (χ0v) is 20.1. The normalized spacial score (nSPS) is 14.9. The topological polar surface area (TPSA) is 138 Å². The summed E-state index contributed by atoms with van der Waals surface area (Å²) in [4.78, 5) is 29.2. The second-order valence-electron chi connectivity index (χ2n) is 8.67. The summed E-state index contributed by atoms with van der Waals surface area (Å²) in [5.41, 5.74) is 3.03. The van der Waals surface area contributed by atoms with Gasteiger partial charge in [-0.3, -0.25) is 19.8 Å². The van der Waals surface area contributed by atoms with Gasteiger partial charge in [0.1, 0.15) is 12.4 Å². The number of carbonyl (C=O) groups excluding carboxylic acids is 2. The van der Waals surface area contributed by atoms with Crippen molar-refractivity contribution in [2.24, 2.45) is 0 Å². The summed E-state index contributed by atoms with van der Waals surface area (Å²) in [6.45, 7) is 3.61. The Morgan fingerprint density at radius 2 is 1.83 bits per heavy atom. The van der Waals surface area contributed by atoms with Crippen LogP contribution in [0.3, 0.4) is 0 Å². The maximum atomic E-state index is 13.0. The molecule has 2 amide bonds. The molecule has 0 radical (unpaired) electrons. The number of aryl methyl sites for hydroxylation is 1. The maximum absolute atomic E-state index is 13.0. The van der Waals surface area contributed by atoms with Crippen molar-refractivity contribution in [3.63, 3.8) is 0 Å². The van der Waals surface area contributed by atoms with Crippen LogP contribution in [-0.4, -0.2) is 54.0 Å². The van der Waals surface area contributed by atoms with Crippen molar-refractivity contribution in [2.75, 3.05) is 13.1 Å². The molecule has 1 aliphatic heterocycles. The number of aromatic nitrogens is 1. The second-order valence-corrected chi connectivity index (χ2v) is 10.4. The molecule has 1 aromatic heterocycles. The van der Waals surface area contributed by atoms with E-state index in [0.29, 0.717) is 5.75 Å². The molecule has 4 rings (SSSR count). The van der Waals surface area contributed by atoms with Gasteiger partial charge in [0.25, 0.3) is 0 Å². The average Bonchev–Trinajstić information content (AvgIpc) is 2.80. The first kappa shape index (κ1) is 24.6. The molecule has 184 valence electrons. The Bertz CT molecular complexity index is 1370. The number of benzene rings is 2. The Hall–Kier alpha value is -3.54. The van der Waals surface area contributed by atoms with Crippen LogP contribution in [0.4, 0.5) is 0 Å². The Labute approximate surface area is 202 Å². The average molecular weight is 499 g/mol. The molecule has 2 heterocycles. The molecule has 3 aromatic rings. The highest BCUT2D eigenvalue weighted by Crippen LogP contribution is 2.28. The highest BCUT2D eigenvalue weighted by atomic mass is 32.2. The monoisotopic (exact) mass is 498 g/mol. The number of likely N-dealkylation sites (tertiary alicyclic amines) is 1. The molecular formula is C24H26N4O6S. The van der Waals surface area contributed by atoms with Crippen LogP contribution in [0.25, 0.3) is 10.9 Å². The summed E-state index contributed by atoms with van der Waals surface area (Å²) < 4.78 is 34.4. The third-order valence-corrected chi connectivity index (χ3v) is 7.46. The van der Waals surface area contributed by atoms with E-state index >= 15 is 0 Å². The van der Waals surface area contributed by atoms with E-state index in [2.05, 4.69) is 9.71 Å². The lowest BCUT2D eigenvalue weighted by Gasteiger charge is -2.49. The lowest BCUT2D eigenvalue weighted by atomic mass is 9.87. The third kappa shape index (κ3) is 5.42. The number of pyridine rings is 1. The van der Waals surface area contributed by atoms with Gasteiger partial charge in [0.2, 0.25) is 21.8 Å². The summed E-state index contributed by atoms with van der Waals surface area (Å²) in [7, 11) is -4.01. The quantitative estimate of drug-likeness (QED) is 0.319.